The summed E-state index contributed by atoms with van der Waals surface area (Å²) < 4.78 is 19.1. The number of piperidine rings is 1. The molecule has 1 heterocycles. The second-order valence-electron chi connectivity index (χ2n) is 5.24. The maximum absolute atomic E-state index is 13.5. The Balaban J connectivity index is 1.77. The van der Waals surface area contributed by atoms with Crippen molar-refractivity contribution < 1.29 is 13.9 Å². The van der Waals surface area contributed by atoms with Crippen LogP contribution in [0.4, 0.5) is 4.39 Å². The summed E-state index contributed by atoms with van der Waals surface area (Å²) in [7, 11) is 0. The zero-order chi connectivity index (χ0) is 14.4. The number of ketones is 1. The van der Waals surface area contributed by atoms with E-state index in [-0.39, 0.29) is 18.0 Å². The summed E-state index contributed by atoms with van der Waals surface area (Å²) in [5.74, 6) is -0.221. The van der Waals surface area contributed by atoms with E-state index in [4.69, 9.17) is 4.74 Å². The predicted octanol–water partition coefficient (Wildman–Crippen LogP) is 2.44. The van der Waals surface area contributed by atoms with Crippen LogP contribution < -0.4 is 0 Å². The minimum Gasteiger partial charge on any atom is -0.378 e. The largest absolute Gasteiger partial charge is 0.378 e. The van der Waals surface area contributed by atoms with Gasteiger partial charge in [0.05, 0.1) is 12.6 Å². The van der Waals surface area contributed by atoms with Crippen molar-refractivity contribution in [3.8, 4) is 0 Å². The molecule has 2 rings (SSSR count). The van der Waals surface area contributed by atoms with Crippen molar-refractivity contribution in [1.29, 1.82) is 0 Å². The molecule has 0 unspecified atom stereocenters. The van der Waals surface area contributed by atoms with Gasteiger partial charge in [0.1, 0.15) is 5.82 Å². The van der Waals surface area contributed by atoms with Crippen LogP contribution >= 0.6 is 0 Å². The van der Waals surface area contributed by atoms with Crippen LogP contribution in [0.25, 0.3) is 0 Å². The van der Waals surface area contributed by atoms with E-state index in [2.05, 4.69) is 4.90 Å². The summed E-state index contributed by atoms with van der Waals surface area (Å²) in [6, 6.07) is 6.48. The molecule has 3 nitrogen and oxygen atoms in total. The van der Waals surface area contributed by atoms with Crippen molar-refractivity contribution in [2.75, 3.05) is 26.2 Å². The standard InChI is InChI=1S/C16H22FNO2/c1-2-20-15-7-9-18(10-8-15)12-14(19)11-13-5-3-4-6-16(13)17/h3-6,15H,2,7-12H2,1H3. The maximum Gasteiger partial charge on any atom is 0.151 e. The van der Waals surface area contributed by atoms with E-state index < -0.39 is 0 Å². The van der Waals surface area contributed by atoms with Gasteiger partial charge < -0.3 is 4.74 Å². The van der Waals surface area contributed by atoms with Gasteiger partial charge in [0.25, 0.3) is 0 Å². The zero-order valence-corrected chi connectivity index (χ0v) is 12.0. The number of ether oxygens (including phenoxy) is 1. The molecule has 0 N–H and O–H groups in total. The molecule has 0 saturated carbocycles. The fourth-order valence-corrected chi connectivity index (χ4v) is 2.63. The first kappa shape index (κ1) is 15.1. The molecule has 20 heavy (non-hydrogen) atoms. The van der Waals surface area contributed by atoms with Crippen LogP contribution in [0.2, 0.25) is 0 Å². The molecule has 0 spiro atoms. The molecular weight excluding hydrogens is 257 g/mol. The zero-order valence-electron chi connectivity index (χ0n) is 12.0. The Morgan fingerprint density at radius 3 is 2.70 bits per heavy atom. The molecule has 1 aromatic carbocycles. The Kier molecular flexibility index (Phi) is 5.68. The molecule has 4 heteroatoms. The van der Waals surface area contributed by atoms with Crippen molar-refractivity contribution >= 4 is 5.78 Å². The quantitative estimate of drug-likeness (QED) is 0.801. The van der Waals surface area contributed by atoms with Gasteiger partial charge in [-0.2, -0.15) is 0 Å². The Morgan fingerprint density at radius 2 is 2.05 bits per heavy atom. The number of carbonyl (C=O) groups excluding carboxylic acids is 1. The van der Waals surface area contributed by atoms with Crippen LogP contribution in [0, 0.1) is 5.82 Å². The highest BCUT2D eigenvalue weighted by atomic mass is 19.1. The number of Topliss-reactive ketones (excluding diaryl/α,β-unsaturated/α-hetero) is 1. The third-order valence-electron chi connectivity index (χ3n) is 3.68. The Bertz CT molecular complexity index is 442. The normalized spacial score (nSPS) is 17.3. The Hall–Kier alpha value is -1.26. The van der Waals surface area contributed by atoms with E-state index in [0.29, 0.717) is 18.2 Å². The molecule has 1 saturated heterocycles. The first-order chi connectivity index (χ1) is 9.69. The van der Waals surface area contributed by atoms with Crippen molar-refractivity contribution in [3.63, 3.8) is 0 Å². The average Bonchev–Trinajstić information content (AvgIpc) is 2.44. The van der Waals surface area contributed by atoms with Crippen LogP contribution in [0.1, 0.15) is 25.3 Å². The van der Waals surface area contributed by atoms with Crippen molar-refractivity contribution in [2.45, 2.75) is 32.3 Å². The molecule has 1 aromatic rings. The van der Waals surface area contributed by atoms with Gasteiger partial charge in [-0.1, -0.05) is 18.2 Å². The van der Waals surface area contributed by atoms with E-state index in [1.165, 1.54) is 6.07 Å². The van der Waals surface area contributed by atoms with Crippen molar-refractivity contribution in [2.24, 2.45) is 0 Å². The first-order valence-electron chi connectivity index (χ1n) is 7.28. The lowest BCUT2D eigenvalue weighted by Gasteiger charge is -2.31. The topological polar surface area (TPSA) is 29.5 Å². The molecule has 0 aromatic heterocycles. The van der Waals surface area contributed by atoms with Crippen molar-refractivity contribution in [3.05, 3.63) is 35.6 Å². The van der Waals surface area contributed by atoms with Crippen LogP contribution in [0.3, 0.4) is 0 Å². The third-order valence-corrected chi connectivity index (χ3v) is 3.68. The number of nitrogens with zero attached hydrogens (tertiary/aromatic N) is 1. The molecule has 0 radical (unpaired) electrons. The van der Waals surface area contributed by atoms with Crippen LogP contribution in [-0.4, -0.2) is 43.0 Å². The molecule has 0 bridgehead atoms. The maximum atomic E-state index is 13.5. The first-order valence-corrected chi connectivity index (χ1v) is 7.28. The highest BCUT2D eigenvalue weighted by Crippen LogP contribution is 2.14. The Morgan fingerprint density at radius 1 is 1.35 bits per heavy atom. The van der Waals surface area contributed by atoms with E-state index in [9.17, 15) is 9.18 Å². The molecule has 0 aliphatic carbocycles. The number of hydrogen-bond donors (Lipinski definition) is 0. The molecule has 0 atom stereocenters. The van der Waals surface area contributed by atoms with Crippen LogP contribution in [-0.2, 0) is 16.0 Å². The van der Waals surface area contributed by atoms with Gasteiger partial charge in [-0.15, -0.1) is 0 Å². The lowest BCUT2D eigenvalue weighted by molar-refractivity contribution is -0.120. The van der Waals surface area contributed by atoms with Crippen LogP contribution in [0.15, 0.2) is 24.3 Å². The molecule has 0 amide bonds. The van der Waals surface area contributed by atoms with Gasteiger partial charge in [0.15, 0.2) is 5.78 Å². The summed E-state index contributed by atoms with van der Waals surface area (Å²) in [5, 5.41) is 0. The second kappa shape index (κ2) is 7.50. The highest BCUT2D eigenvalue weighted by Gasteiger charge is 2.21. The summed E-state index contributed by atoms with van der Waals surface area (Å²) in [6.45, 7) is 4.93. The van der Waals surface area contributed by atoms with E-state index in [1.807, 2.05) is 6.92 Å². The summed E-state index contributed by atoms with van der Waals surface area (Å²) >= 11 is 0. The number of likely N-dealkylation sites (tertiary alicyclic amines) is 1. The average molecular weight is 279 g/mol. The van der Waals surface area contributed by atoms with Gasteiger partial charge in [0.2, 0.25) is 0 Å². The molecule has 1 fully saturated rings. The Labute approximate surface area is 119 Å². The van der Waals surface area contributed by atoms with Crippen LogP contribution in [0.5, 0.6) is 0 Å². The van der Waals surface area contributed by atoms with E-state index in [0.717, 1.165) is 32.5 Å². The van der Waals surface area contributed by atoms with E-state index >= 15 is 0 Å². The van der Waals surface area contributed by atoms with Gasteiger partial charge >= 0.3 is 0 Å². The minimum absolute atomic E-state index is 0.0740. The lowest BCUT2D eigenvalue weighted by Crippen LogP contribution is -2.40. The number of carbonyl (C=O) groups is 1. The van der Waals surface area contributed by atoms with Gasteiger partial charge in [-0.05, 0) is 31.4 Å². The predicted molar refractivity (Wildman–Crippen MR) is 76.2 cm³/mol. The van der Waals surface area contributed by atoms with Gasteiger partial charge in [-0.3, -0.25) is 9.69 Å². The van der Waals surface area contributed by atoms with Crippen molar-refractivity contribution in [1.82, 2.24) is 4.90 Å². The number of benzene rings is 1. The smallest absolute Gasteiger partial charge is 0.151 e. The van der Waals surface area contributed by atoms with E-state index in [1.54, 1.807) is 18.2 Å². The number of rotatable bonds is 6. The second-order valence-corrected chi connectivity index (χ2v) is 5.24. The SMILES string of the molecule is CCOC1CCN(CC(=O)Cc2ccccc2F)CC1. The number of halogens is 1. The summed E-state index contributed by atoms with van der Waals surface area (Å²) in [4.78, 5) is 14.1. The summed E-state index contributed by atoms with van der Waals surface area (Å²) in [5.41, 5.74) is 0.488. The third kappa shape index (κ3) is 4.39. The molecular formula is C16H22FNO2. The fourth-order valence-electron chi connectivity index (χ4n) is 2.63. The minimum atomic E-state index is -0.295. The van der Waals surface area contributed by atoms with Gasteiger partial charge in [-0.25, -0.2) is 4.39 Å². The molecule has 110 valence electrons. The lowest BCUT2D eigenvalue weighted by atomic mass is 10.1. The highest BCUT2D eigenvalue weighted by molar-refractivity contribution is 5.82. The monoisotopic (exact) mass is 279 g/mol. The fraction of sp³-hybridized carbons (Fsp3) is 0.562. The number of hydrogen-bond acceptors (Lipinski definition) is 3. The molecule has 1 aliphatic rings. The summed E-state index contributed by atoms with van der Waals surface area (Å²) in [6.07, 6.45) is 2.46. The molecule has 1 aliphatic heterocycles. The van der Waals surface area contributed by atoms with Gasteiger partial charge in [0, 0.05) is 26.1 Å².